The number of sulfonamides is 1. The molecule has 0 aliphatic rings. The molecule has 0 saturated carbocycles. The molecule has 0 unspecified atom stereocenters. The molecule has 2 aromatic rings. The fourth-order valence-corrected chi connectivity index (χ4v) is 3.40. The Balaban J connectivity index is 2.08. The van der Waals surface area contributed by atoms with Gasteiger partial charge in [0, 0.05) is 12.5 Å². The van der Waals surface area contributed by atoms with Crippen LogP contribution >= 0.6 is 0 Å². The lowest BCUT2D eigenvalue weighted by atomic mass is 10.3. The number of nitrogens with zero attached hydrogens (tertiary/aromatic N) is 1. The van der Waals surface area contributed by atoms with Gasteiger partial charge in [0.1, 0.15) is 5.75 Å². The number of nitro groups is 1. The molecule has 5 N–H and O–H groups in total. The highest BCUT2D eigenvalue weighted by atomic mass is 32.2. The smallest absolute Gasteiger partial charge is 0.289 e. The van der Waals surface area contributed by atoms with Gasteiger partial charge in [-0.2, -0.15) is 0 Å². The summed E-state index contributed by atoms with van der Waals surface area (Å²) in [4.78, 5) is 14.8. The normalized spacial score (nSPS) is 10.9. The Bertz CT molecular complexity index is 950. The fraction of sp³-hybridized carbons (Fsp3) is 0.188. The number of anilines is 1. The Morgan fingerprint density at radius 2 is 1.82 bits per heavy atom. The van der Waals surface area contributed by atoms with Gasteiger partial charge < -0.3 is 10.5 Å². The summed E-state index contributed by atoms with van der Waals surface area (Å²) in [5.41, 5.74) is 6.86. The van der Waals surface area contributed by atoms with Crippen molar-refractivity contribution in [3.63, 3.8) is 0 Å². The van der Waals surface area contributed by atoms with E-state index < -0.39 is 25.5 Å². The summed E-state index contributed by atoms with van der Waals surface area (Å²) in [5.74, 6) is -0.0696. The highest BCUT2D eigenvalue weighted by Gasteiger charge is 2.26. The van der Waals surface area contributed by atoms with E-state index in [4.69, 9.17) is 20.7 Å². The molecule has 12 heteroatoms. The van der Waals surface area contributed by atoms with Crippen LogP contribution in [0.3, 0.4) is 0 Å². The van der Waals surface area contributed by atoms with Crippen LogP contribution in [0, 0.1) is 15.5 Å². The molecule has 0 fully saturated rings. The van der Waals surface area contributed by atoms with Gasteiger partial charge in [-0.25, -0.2) is 13.9 Å². The minimum atomic E-state index is -4.20. The second-order valence-electron chi connectivity index (χ2n) is 5.39. The van der Waals surface area contributed by atoms with Crippen LogP contribution in [0.25, 0.3) is 0 Å². The molecule has 2 rings (SSSR count). The summed E-state index contributed by atoms with van der Waals surface area (Å²) in [6.45, 7) is 0.410. The van der Waals surface area contributed by atoms with Gasteiger partial charge in [-0.3, -0.25) is 25.1 Å². The maximum atomic E-state index is 12.6. The molecular formula is C16H19N5O6S. The maximum Gasteiger partial charge on any atom is 0.289 e. The van der Waals surface area contributed by atoms with E-state index in [9.17, 15) is 18.5 Å². The molecule has 0 atom stereocenters. The van der Waals surface area contributed by atoms with Crippen molar-refractivity contribution in [1.29, 1.82) is 5.41 Å². The topological polar surface area (TPSA) is 170 Å². The molecule has 0 spiro atoms. The van der Waals surface area contributed by atoms with Crippen LogP contribution in [0.4, 0.5) is 11.4 Å². The molecule has 150 valence electrons. The standard InChI is InChI=1S/C16H19N5O6S/c17-16(18)19-27-11-5-10-26-14-8-3-1-6-12(14)20-28(24,25)15-9-4-2-7-13(15)21(22)23/h1-4,6-9,20H,5,10-11H2,(H4,17,18,19). The third kappa shape index (κ3) is 5.82. The van der Waals surface area contributed by atoms with E-state index in [0.29, 0.717) is 6.42 Å². The number of nitrogens with two attached hydrogens (primary N) is 1. The monoisotopic (exact) mass is 409 g/mol. The van der Waals surface area contributed by atoms with Gasteiger partial charge in [-0.15, -0.1) is 0 Å². The Kier molecular flexibility index (Phi) is 7.12. The molecule has 0 radical (unpaired) electrons. The highest BCUT2D eigenvalue weighted by molar-refractivity contribution is 7.92. The van der Waals surface area contributed by atoms with E-state index >= 15 is 0 Å². The summed E-state index contributed by atoms with van der Waals surface area (Å²) < 4.78 is 33.1. The minimum absolute atomic E-state index is 0.142. The van der Waals surface area contributed by atoms with E-state index in [0.717, 1.165) is 12.1 Å². The number of para-hydroxylation sites is 3. The number of hydrogen-bond acceptors (Lipinski definition) is 7. The van der Waals surface area contributed by atoms with E-state index in [-0.39, 0.29) is 30.6 Å². The van der Waals surface area contributed by atoms with Crippen molar-refractivity contribution in [2.45, 2.75) is 11.3 Å². The number of guanidine groups is 1. The van der Waals surface area contributed by atoms with Crippen molar-refractivity contribution < 1.29 is 22.9 Å². The third-order valence-electron chi connectivity index (χ3n) is 3.31. The van der Waals surface area contributed by atoms with Crippen molar-refractivity contribution >= 4 is 27.4 Å². The number of ether oxygens (including phenoxy) is 1. The van der Waals surface area contributed by atoms with Crippen LogP contribution < -0.4 is 20.7 Å². The fourth-order valence-electron chi connectivity index (χ4n) is 2.15. The maximum absolute atomic E-state index is 12.6. The van der Waals surface area contributed by atoms with Gasteiger partial charge in [-0.05, 0) is 18.2 Å². The van der Waals surface area contributed by atoms with Gasteiger partial charge >= 0.3 is 0 Å². The lowest BCUT2D eigenvalue weighted by molar-refractivity contribution is -0.387. The lowest BCUT2D eigenvalue weighted by Gasteiger charge is -2.14. The molecule has 0 amide bonds. The Hall–Kier alpha value is -3.38. The Morgan fingerprint density at radius 1 is 1.14 bits per heavy atom. The van der Waals surface area contributed by atoms with Crippen LogP contribution in [0.1, 0.15) is 6.42 Å². The van der Waals surface area contributed by atoms with Crippen molar-refractivity contribution in [3.05, 3.63) is 58.6 Å². The quantitative estimate of drug-likeness (QED) is 0.151. The summed E-state index contributed by atoms with van der Waals surface area (Å²) in [6.07, 6.45) is 0.436. The molecule has 0 aliphatic heterocycles. The number of rotatable bonds is 10. The molecule has 0 saturated heterocycles. The van der Waals surface area contributed by atoms with Crippen molar-refractivity contribution in [2.75, 3.05) is 17.9 Å². The van der Waals surface area contributed by atoms with Gasteiger partial charge in [0.05, 0.1) is 23.8 Å². The molecule has 0 heterocycles. The van der Waals surface area contributed by atoms with Gasteiger partial charge in [0.25, 0.3) is 15.7 Å². The average Bonchev–Trinajstić information content (AvgIpc) is 2.65. The molecule has 11 nitrogen and oxygen atoms in total. The first kappa shape index (κ1) is 20.9. The highest BCUT2D eigenvalue weighted by Crippen LogP contribution is 2.29. The molecule has 0 aliphatic carbocycles. The number of benzene rings is 2. The van der Waals surface area contributed by atoms with Gasteiger partial charge in [0.2, 0.25) is 5.96 Å². The van der Waals surface area contributed by atoms with Crippen LogP contribution in [-0.4, -0.2) is 32.5 Å². The van der Waals surface area contributed by atoms with Gasteiger partial charge in [0.15, 0.2) is 4.90 Å². The summed E-state index contributed by atoms with van der Waals surface area (Å²) in [5, 5.41) is 18.0. The first-order chi connectivity index (χ1) is 13.3. The van der Waals surface area contributed by atoms with Crippen LogP contribution in [-0.2, 0) is 14.9 Å². The van der Waals surface area contributed by atoms with Crippen LogP contribution in [0.2, 0.25) is 0 Å². The summed E-state index contributed by atoms with van der Waals surface area (Å²) >= 11 is 0. The molecule has 28 heavy (non-hydrogen) atoms. The number of nitro benzene ring substituents is 1. The molecular weight excluding hydrogens is 390 g/mol. The largest absolute Gasteiger partial charge is 0.491 e. The van der Waals surface area contributed by atoms with E-state index in [2.05, 4.69) is 10.2 Å². The second-order valence-corrected chi connectivity index (χ2v) is 7.04. The number of hydroxylamine groups is 1. The average molecular weight is 409 g/mol. The molecule has 2 aromatic carbocycles. The SMILES string of the molecule is N=C(N)NOCCCOc1ccccc1NS(=O)(=O)c1ccccc1[N+](=O)[O-]. The Labute approximate surface area is 161 Å². The second kappa shape index (κ2) is 9.53. The zero-order valence-electron chi connectivity index (χ0n) is 14.6. The van der Waals surface area contributed by atoms with E-state index in [1.165, 1.54) is 18.2 Å². The third-order valence-corrected chi connectivity index (χ3v) is 4.73. The zero-order chi connectivity index (χ0) is 20.6. The first-order valence-corrected chi connectivity index (χ1v) is 9.49. The predicted molar refractivity (Wildman–Crippen MR) is 101 cm³/mol. The summed E-state index contributed by atoms with van der Waals surface area (Å²) in [7, 11) is -4.20. The molecule has 0 bridgehead atoms. The zero-order valence-corrected chi connectivity index (χ0v) is 15.4. The van der Waals surface area contributed by atoms with E-state index in [1.807, 2.05) is 0 Å². The van der Waals surface area contributed by atoms with Crippen molar-refractivity contribution in [1.82, 2.24) is 5.48 Å². The number of hydrogen-bond donors (Lipinski definition) is 4. The summed E-state index contributed by atoms with van der Waals surface area (Å²) in [6, 6.07) is 11.4. The molecule has 0 aromatic heterocycles. The van der Waals surface area contributed by atoms with Crippen LogP contribution in [0.15, 0.2) is 53.4 Å². The Morgan fingerprint density at radius 3 is 2.54 bits per heavy atom. The van der Waals surface area contributed by atoms with Crippen molar-refractivity contribution in [2.24, 2.45) is 5.73 Å². The minimum Gasteiger partial charge on any atom is -0.491 e. The van der Waals surface area contributed by atoms with Gasteiger partial charge in [-0.1, -0.05) is 24.3 Å². The predicted octanol–water partition coefficient (Wildman–Crippen LogP) is 1.58. The van der Waals surface area contributed by atoms with Crippen LogP contribution in [0.5, 0.6) is 5.75 Å². The van der Waals surface area contributed by atoms with Crippen molar-refractivity contribution in [3.8, 4) is 5.75 Å². The van der Waals surface area contributed by atoms with E-state index in [1.54, 1.807) is 18.2 Å². The lowest BCUT2D eigenvalue weighted by Crippen LogP contribution is -2.30. The first-order valence-electron chi connectivity index (χ1n) is 8.01. The number of nitrogens with one attached hydrogen (secondary N) is 3.